The molecule has 0 fully saturated rings. The second kappa shape index (κ2) is 7.23. The fourth-order valence-corrected chi connectivity index (χ4v) is 2.70. The first-order valence-corrected chi connectivity index (χ1v) is 7.70. The van der Waals surface area contributed by atoms with Crippen LogP contribution in [-0.4, -0.2) is 39.0 Å². The molecule has 0 saturated heterocycles. The molecule has 0 bridgehead atoms. The molecular formula is C18H18FN3O2. The number of aliphatic hydroxyl groups excluding tert-OH is 1. The van der Waals surface area contributed by atoms with Gasteiger partial charge in [-0.1, -0.05) is 6.07 Å². The molecule has 0 unspecified atom stereocenters. The van der Waals surface area contributed by atoms with Gasteiger partial charge in [0.15, 0.2) is 0 Å². The highest BCUT2D eigenvalue weighted by Gasteiger charge is 2.16. The van der Waals surface area contributed by atoms with E-state index in [4.69, 9.17) is 0 Å². The molecule has 1 aromatic carbocycles. The predicted molar refractivity (Wildman–Crippen MR) is 88.7 cm³/mol. The Morgan fingerprint density at radius 3 is 2.96 bits per heavy atom. The summed E-state index contributed by atoms with van der Waals surface area (Å²) in [5.74, 6) is -0.418. The van der Waals surface area contributed by atoms with Crippen molar-refractivity contribution in [1.82, 2.24) is 14.9 Å². The predicted octanol–water partition coefficient (Wildman–Crippen LogP) is 2.27. The Morgan fingerprint density at radius 2 is 2.21 bits per heavy atom. The average molecular weight is 327 g/mol. The van der Waals surface area contributed by atoms with E-state index in [1.807, 2.05) is 12.1 Å². The van der Waals surface area contributed by atoms with E-state index in [1.165, 1.54) is 12.1 Å². The molecule has 3 aromatic rings. The molecule has 0 radical (unpaired) electrons. The number of hydrogen-bond acceptors (Lipinski definition) is 3. The van der Waals surface area contributed by atoms with Crippen LogP contribution in [0.5, 0.6) is 0 Å². The molecule has 3 rings (SSSR count). The first kappa shape index (κ1) is 16.1. The maximum Gasteiger partial charge on any atom is 0.227 e. The van der Waals surface area contributed by atoms with Crippen LogP contribution in [0.4, 0.5) is 4.39 Å². The van der Waals surface area contributed by atoms with E-state index in [1.54, 1.807) is 29.6 Å². The minimum Gasteiger partial charge on any atom is -0.395 e. The third-order valence-corrected chi connectivity index (χ3v) is 3.89. The van der Waals surface area contributed by atoms with Gasteiger partial charge in [-0.3, -0.25) is 9.78 Å². The Balaban J connectivity index is 1.77. The maximum absolute atomic E-state index is 13.3. The van der Waals surface area contributed by atoms with Gasteiger partial charge in [-0.15, -0.1) is 0 Å². The zero-order valence-corrected chi connectivity index (χ0v) is 13.1. The third-order valence-electron chi connectivity index (χ3n) is 3.89. The second-order valence-electron chi connectivity index (χ2n) is 5.58. The van der Waals surface area contributed by atoms with Crippen molar-refractivity contribution in [3.05, 3.63) is 65.9 Å². The number of nitrogens with zero attached hydrogens (tertiary/aromatic N) is 2. The minimum atomic E-state index is -0.319. The lowest BCUT2D eigenvalue weighted by atomic mass is 10.1. The van der Waals surface area contributed by atoms with Gasteiger partial charge in [0.1, 0.15) is 5.82 Å². The lowest BCUT2D eigenvalue weighted by molar-refractivity contribution is -0.131. The van der Waals surface area contributed by atoms with Crippen LogP contribution >= 0.6 is 0 Å². The van der Waals surface area contributed by atoms with Gasteiger partial charge in [-0.05, 0) is 35.4 Å². The van der Waals surface area contributed by atoms with Gasteiger partial charge < -0.3 is 15.0 Å². The Labute approximate surface area is 138 Å². The summed E-state index contributed by atoms with van der Waals surface area (Å²) < 4.78 is 13.3. The highest BCUT2D eigenvalue weighted by molar-refractivity contribution is 5.89. The standard InChI is InChI=1S/C18H18FN3O2/c19-15-3-4-16-14(11-21-17(16)9-15)8-18(24)22(6-7-23)12-13-2-1-5-20-10-13/h1-5,9-11,21,23H,6-8,12H2. The molecular weight excluding hydrogens is 309 g/mol. The number of nitrogens with one attached hydrogen (secondary N) is 1. The first-order valence-electron chi connectivity index (χ1n) is 7.70. The van der Waals surface area contributed by atoms with Crippen LogP contribution in [-0.2, 0) is 17.8 Å². The Bertz CT molecular complexity index is 833. The van der Waals surface area contributed by atoms with E-state index in [0.29, 0.717) is 12.1 Å². The number of aromatic nitrogens is 2. The lowest BCUT2D eigenvalue weighted by Crippen LogP contribution is -2.34. The molecule has 124 valence electrons. The number of fused-ring (bicyclic) bond motifs is 1. The van der Waals surface area contributed by atoms with Crippen molar-refractivity contribution in [2.75, 3.05) is 13.2 Å². The van der Waals surface area contributed by atoms with Gasteiger partial charge in [-0.2, -0.15) is 0 Å². The molecule has 0 saturated carbocycles. The van der Waals surface area contributed by atoms with E-state index < -0.39 is 0 Å². The van der Waals surface area contributed by atoms with Crippen LogP contribution in [0.2, 0.25) is 0 Å². The fourth-order valence-electron chi connectivity index (χ4n) is 2.70. The van der Waals surface area contributed by atoms with Crippen molar-refractivity contribution in [2.45, 2.75) is 13.0 Å². The van der Waals surface area contributed by atoms with Crippen molar-refractivity contribution >= 4 is 16.8 Å². The van der Waals surface area contributed by atoms with Crippen molar-refractivity contribution in [2.24, 2.45) is 0 Å². The molecule has 5 nitrogen and oxygen atoms in total. The summed E-state index contributed by atoms with van der Waals surface area (Å²) in [5.41, 5.74) is 2.38. The van der Waals surface area contributed by atoms with Crippen molar-refractivity contribution < 1.29 is 14.3 Å². The number of benzene rings is 1. The summed E-state index contributed by atoms with van der Waals surface area (Å²) in [6.07, 6.45) is 5.29. The molecule has 1 amide bonds. The molecule has 24 heavy (non-hydrogen) atoms. The molecule has 2 aromatic heterocycles. The fraction of sp³-hybridized carbons (Fsp3) is 0.222. The van der Waals surface area contributed by atoms with Crippen LogP contribution in [0, 0.1) is 5.82 Å². The smallest absolute Gasteiger partial charge is 0.227 e. The molecule has 0 aliphatic carbocycles. The van der Waals surface area contributed by atoms with Crippen LogP contribution in [0.25, 0.3) is 10.9 Å². The van der Waals surface area contributed by atoms with Crippen LogP contribution < -0.4 is 0 Å². The summed E-state index contributed by atoms with van der Waals surface area (Å²) in [5, 5.41) is 10.1. The molecule has 0 spiro atoms. The Kier molecular flexibility index (Phi) is 4.86. The third kappa shape index (κ3) is 3.60. The lowest BCUT2D eigenvalue weighted by Gasteiger charge is -2.21. The summed E-state index contributed by atoms with van der Waals surface area (Å²) >= 11 is 0. The van der Waals surface area contributed by atoms with E-state index in [2.05, 4.69) is 9.97 Å². The molecule has 0 atom stereocenters. The van der Waals surface area contributed by atoms with Crippen LogP contribution in [0.15, 0.2) is 48.9 Å². The number of rotatable bonds is 6. The summed E-state index contributed by atoms with van der Waals surface area (Å²) in [4.78, 5) is 21.2. The first-order chi connectivity index (χ1) is 11.7. The number of amides is 1. The van der Waals surface area contributed by atoms with Crippen molar-refractivity contribution in [3.8, 4) is 0 Å². The summed E-state index contributed by atoms with van der Waals surface area (Å²) in [6.45, 7) is 0.542. The monoisotopic (exact) mass is 327 g/mol. The number of halogens is 1. The van der Waals surface area contributed by atoms with Crippen molar-refractivity contribution in [1.29, 1.82) is 0 Å². The summed E-state index contributed by atoms with van der Waals surface area (Å²) in [7, 11) is 0. The molecule has 0 aliphatic rings. The van der Waals surface area contributed by atoms with E-state index in [9.17, 15) is 14.3 Å². The molecule has 0 aliphatic heterocycles. The molecule has 6 heteroatoms. The normalized spacial score (nSPS) is 10.9. The number of carbonyl (C=O) groups excluding carboxylic acids is 1. The largest absolute Gasteiger partial charge is 0.395 e. The average Bonchev–Trinajstić information content (AvgIpc) is 2.97. The van der Waals surface area contributed by atoms with Crippen LogP contribution in [0.1, 0.15) is 11.1 Å². The second-order valence-corrected chi connectivity index (χ2v) is 5.58. The van der Waals surface area contributed by atoms with Gasteiger partial charge >= 0.3 is 0 Å². The van der Waals surface area contributed by atoms with Gasteiger partial charge in [-0.25, -0.2) is 4.39 Å². The van der Waals surface area contributed by atoms with E-state index in [-0.39, 0.29) is 31.3 Å². The molecule has 2 N–H and O–H groups in total. The number of hydrogen-bond donors (Lipinski definition) is 2. The van der Waals surface area contributed by atoms with E-state index >= 15 is 0 Å². The number of pyridine rings is 1. The number of carbonyl (C=O) groups is 1. The topological polar surface area (TPSA) is 69.2 Å². The Hall–Kier alpha value is -2.73. The minimum absolute atomic E-state index is 0.0990. The van der Waals surface area contributed by atoms with Gasteiger partial charge in [0.25, 0.3) is 0 Å². The van der Waals surface area contributed by atoms with Gasteiger partial charge in [0.05, 0.1) is 13.0 Å². The number of aliphatic hydroxyl groups is 1. The van der Waals surface area contributed by atoms with Crippen LogP contribution in [0.3, 0.4) is 0 Å². The number of aromatic amines is 1. The summed E-state index contributed by atoms with van der Waals surface area (Å²) in [6, 6.07) is 8.15. The quantitative estimate of drug-likeness (QED) is 0.730. The number of H-pyrrole nitrogens is 1. The zero-order valence-electron chi connectivity index (χ0n) is 13.1. The highest BCUT2D eigenvalue weighted by atomic mass is 19.1. The van der Waals surface area contributed by atoms with Crippen molar-refractivity contribution in [3.63, 3.8) is 0 Å². The Morgan fingerprint density at radius 1 is 1.33 bits per heavy atom. The SMILES string of the molecule is O=C(Cc1c[nH]c2cc(F)ccc12)N(CCO)Cc1cccnc1. The van der Waals surface area contributed by atoms with Gasteiger partial charge in [0, 0.05) is 42.6 Å². The van der Waals surface area contributed by atoms with E-state index in [0.717, 1.165) is 16.5 Å². The molecule has 2 heterocycles. The highest BCUT2D eigenvalue weighted by Crippen LogP contribution is 2.20. The maximum atomic E-state index is 13.3. The zero-order chi connectivity index (χ0) is 16.9. The van der Waals surface area contributed by atoms with Gasteiger partial charge in [0.2, 0.25) is 5.91 Å².